The van der Waals surface area contributed by atoms with E-state index in [1.165, 1.54) is 18.6 Å². The molecule has 0 saturated heterocycles. The molecule has 1 amide bonds. The third-order valence-electron chi connectivity index (χ3n) is 3.80. The molecule has 0 aliphatic rings. The molecule has 0 aliphatic carbocycles. The monoisotopic (exact) mass is 521 g/mol. The third kappa shape index (κ3) is 5.93. The number of carbonyl (C=O) groups is 1. The maximum atomic E-state index is 13.0. The maximum absolute atomic E-state index is 13.0. The molecule has 15 heteroatoms. The molecule has 1 unspecified atom stereocenters. The molecule has 1 aromatic carbocycles. The van der Waals surface area contributed by atoms with E-state index >= 15 is 0 Å². The molecule has 0 saturated carbocycles. The van der Waals surface area contributed by atoms with Crippen LogP contribution in [-0.4, -0.2) is 30.6 Å². The normalized spacial score (nSPS) is 13.5. The highest BCUT2D eigenvalue weighted by Gasteiger charge is 2.37. The van der Waals surface area contributed by atoms with Crippen LogP contribution in [0.5, 0.6) is 0 Å². The zero-order valence-corrected chi connectivity index (χ0v) is 17.1. The third-order valence-corrected chi connectivity index (χ3v) is 4.54. The van der Waals surface area contributed by atoms with Gasteiger partial charge < -0.3 is 0 Å². The van der Waals surface area contributed by atoms with Crippen molar-refractivity contribution in [3.8, 4) is 11.4 Å². The molecule has 8 nitrogen and oxygen atoms in total. The summed E-state index contributed by atoms with van der Waals surface area (Å²) in [4.78, 5) is 22.4. The molecular formula is C17H10BrF6N7O. The second kappa shape index (κ2) is 9.10. The molecule has 2 aromatic heterocycles. The summed E-state index contributed by atoms with van der Waals surface area (Å²) in [6, 6.07) is 1.03. The van der Waals surface area contributed by atoms with E-state index in [0.717, 1.165) is 11.0 Å². The summed E-state index contributed by atoms with van der Waals surface area (Å²) in [6.45, 7) is 0. The fourth-order valence-corrected chi connectivity index (χ4v) is 2.83. The van der Waals surface area contributed by atoms with Gasteiger partial charge in [0, 0.05) is 18.0 Å². The van der Waals surface area contributed by atoms with Gasteiger partial charge in [-0.2, -0.15) is 26.3 Å². The van der Waals surface area contributed by atoms with Crippen LogP contribution in [0.1, 0.15) is 22.5 Å². The number of halogens is 7. The topological polar surface area (TPSA) is 98.3 Å². The number of hydrogen-bond donors (Lipinski definition) is 0. The van der Waals surface area contributed by atoms with E-state index in [9.17, 15) is 31.1 Å². The summed E-state index contributed by atoms with van der Waals surface area (Å²) in [7, 11) is 0. The maximum Gasteiger partial charge on any atom is 0.416 e. The standard InChI is InChI=1S/C17H10BrF6N7O/c18-12(6-14(32)29-28-13-7-25-1-2-26-13)31-8-27-15(30-31)9-3-10(16(19,20)21)5-11(4-9)17(22,23)24/h1-5,7-8,12H,6H2. The lowest BCUT2D eigenvalue weighted by Gasteiger charge is -2.13. The molecule has 2 heterocycles. The van der Waals surface area contributed by atoms with E-state index in [1.807, 2.05) is 0 Å². The van der Waals surface area contributed by atoms with Crippen LogP contribution >= 0.6 is 15.9 Å². The Labute approximate surface area is 183 Å². The van der Waals surface area contributed by atoms with Crippen LogP contribution in [0.25, 0.3) is 11.4 Å². The van der Waals surface area contributed by atoms with E-state index in [-0.39, 0.29) is 24.1 Å². The number of hydrogen-bond acceptors (Lipinski definition) is 6. The van der Waals surface area contributed by atoms with Crippen molar-refractivity contribution in [3.05, 3.63) is 54.2 Å². The van der Waals surface area contributed by atoms with Crippen LogP contribution < -0.4 is 0 Å². The lowest BCUT2D eigenvalue weighted by atomic mass is 10.0. The fraction of sp³-hybridized carbons (Fsp3) is 0.235. The van der Waals surface area contributed by atoms with E-state index in [1.54, 1.807) is 0 Å². The van der Waals surface area contributed by atoms with Crippen molar-refractivity contribution in [3.63, 3.8) is 0 Å². The van der Waals surface area contributed by atoms with E-state index < -0.39 is 39.9 Å². The first-order valence-corrected chi connectivity index (χ1v) is 9.40. The van der Waals surface area contributed by atoms with Gasteiger partial charge >= 0.3 is 12.4 Å². The fourth-order valence-electron chi connectivity index (χ4n) is 2.35. The Hall–Kier alpha value is -3.23. The van der Waals surface area contributed by atoms with Gasteiger partial charge in [-0.3, -0.25) is 9.78 Å². The number of carbonyl (C=O) groups excluding carboxylic acids is 1. The van der Waals surface area contributed by atoms with Crippen LogP contribution in [0.15, 0.2) is 53.3 Å². The average molecular weight is 522 g/mol. The quantitative estimate of drug-likeness (QED) is 0.255. The van der Waals surface area contributed by atoms with Crippen LogP contribution in [0, 0.1) is 0 Å². The van der Waals surface area contributed by atoms with Crippen molar-refractivity contribution in [2.45, 2.75) is 23.7 Å². The molecule has 32 heavy (non-hydrogen) atoms. The van der Waals surface area contributed by atoms with Gasteiger partial charge in [-0.15, -0.1) is 15.3 Å². The molecule has 0 spiro atoms. The summed E-state index contributed by atoms with van der Waals surface area (Å²) in [5.74, 6) is -0.993. The van der Waals surface area contributed by atoms with E-state index in [4.69, 9.17) is 0 Å². The van der Waals surface area contributed by atoms with Gasteiger partial charge in [0.25, 0.3) is 5.91 Å². The summed E-state index contributed by atoms with van der Waals surface area (Å²) in [5.41, 5.74) is -3.47. The van der Waals surface area contributed by atoms with E-state index in [0.29, 0.717) is 12.1 Å². The molecule has 3 rings (SSSR count). The molecule has 0 N–H and O–H groups in total. The lowest BCUT2D eigenvalue weighted by molar-refractivity contribution is -0.143. The van der Waals surface area contributed by atoms with Crippen molar-refractivity contribution < 1.29 is 31.1 Å². The van der Waals surface area contributed by atoms with E-state index in [2.05, 4.69) is 46.2 Å². The smallest absolute Gasteiger partial charge is 0.271 e. The predicted octanol–water partition coefficient (Wildman–Crippen LogP) is 5.37. The molecule has 168 valence electrons. The number of rotatable bonds is 5. The number of nitrogens with zero attached hydrogens (tertiary/aromatic N) is 7. The molecule has 0 radical (unpaired) electrons. The Morgan fingerprint density at radius 1 is 1.03 bits per heavy atom. The van der Waals surface area contributed by atoms with Crippen molar-refractivity contribution in [1.82, 2.24) is 24.7 Å². The minimum absolute atomic E-state index is 0.00850. The number of amides is 1. The van der Waals surface area contributed by atoms with Crippen LogP contribution in [0.2, 0.25) is 0 Å². The molecule has 1 atom stereocenters. The van der Waals surface area contributed by atoms with Gasteiger partial charge in [0.05, 0.1) is 23.7 Å². The van der Waals surface area contributed by atoms with Crippen molar-refractivity contribution in [2.24, 2.45) is 10.2 Å². The van der Waals surface area contributed by atoms with Gasteiger partial charge in [-0.25, -0.2) is 14.6 Å². The number of alkyl halides is 7. The zero-order valence-electron chi connectivity index (χ0n) is 15.5. The molecule has 0 fully saturated rings. The highest BCUT2D eigenvalue weighted by atomic mass is 79.9. The van der Waals surface area contributed by atoms with Crippen LogP contribution in [0.4, 0.5) is 32.2 Å². The SMILES string of the molecule is O=C(CC(Br)n1cnc(-c2cc(C(F)(F)F)cc(C(F)(F)F)c2)n1)N=Nc1cnccn1. The Balaban J connectivity index is 1.80. The summed E-state index contributed by atoms with van der Waals surface area (Å²) >= 11 is 3.14. The van der Waals surface area contributed by atoms with Gasteiger partial charge in [0.1, 0.15) is 11.3 Å². The van der Waals surface area contributed by atoms with Gasteiger partial charge in [-0.05, 0) is 18.2 Å². The highest BCUT2D eigenvalue weighted by Crippen LogP contribution is 2.38. The zero-order chi connectivity index (χ0) is 23.5. The number of benzene rings is 1. The molecular weight excluding hydrogens is 512 g/mol. The highest BCUT2D eigenvalue weighted by molar-refractivity contribution is 9.09. The summed E-state index contributed by atoms with van der Waals surface area (Å²) in [5, 5.41) is 10.9. The number of aromatic nitrogens is 5. The summed E-state index contributed by atoms with van der Waals surface area (Å²) in [6.07, 6.45) is -5.22. The van der Waals surface area contributed by atoms with Gasteiger partial charge in [0.2, 0.25) is 0 Å². The second-order valence-corrected chi connectivity index (χ2v) is 7.20. The first-order chi connectivity index (χ1) is 14.9. The minimum atomic E-state index is -5.00. The Morgan fingerprint density at radius 3 is 2.25 bits per heavy atom. The minimum Gasteiger partial charge on any atom is -0.271 e. The first kappa shape index (κ1) is 23.4. The Bertz CT molecular complexity index is 1100. The van der Waals surface area contributed by atoms with Crippen molar-refractivity contribution >= 4 is 27.7 Å². The first-order valence-electron chi connectivity index (χ1n) is 8.49. The Morgan fingerprint density at radius 2 is 1.69 bits per heavy atom. The van der Waals surface area contributed by atoms with Crippen molar-refractivity contribution in [2.75, 3.05) is 0 Å². The van der Waals surface area contributed by atoms with Crippen LogP contribution in [0.3, 0.4) is 0 Å². The lowest BCUT2D eigenvalue weighted by Crippen LogP contribution is -2.11. The van der Waals surface area contributed by atoms with Gasteiger partial charge in [-0.1, -0.05) is 15.9 Å². The molecule has 3 aromatic rings. The second-order valence-electron chi connectivity index (χ2n) is 6.14. The number of azo groups is 1. The van der Waals surface area contributed by atoms with Crippen molar-refractivity contribution in [1.29, 1.82) is 0 Å². The largest absolute Gasteiger partial charge is 0.416 e. The van der Waals surface area contributed by atoms with Crippen LogP contribution in [-0.2, 0) is 17.1 Å². The molecule has 0 aliphatic heterocycles. The van der Waals surface area contributed by atoms with Gasteiger partial charge in [0.15, 0.2) is 11.6 Å². The predicted molar refractivity (Wildman–Crippen MR) is 99.6 cm³/mol. The Kier molecular flexibility index (Phi) is 6.66. The summed E-state index contributed by atoms with van der Waals surface area (Å²) < 4.78 is 79.3. The molecule has 0 bridgehead atoms. The average Bonchev–Trinajstić information content (AvgIpc) is 3.22.